The van der Waals surface area contributed by atoms with Gasteiger partial charge in [-0.25, -0.2) is 0 Å². The summed E-state index contributed by atoms with van der Waals surface area (Å²) in [7, 11) is 0. The number of amides is 1. The highest BCUT2D eigenvalue weighted by Gasteiger charge is 2.28. The number of anilines is 1. The fourth-order valence-corrected chi connectivity index (χ4v) is 1.88. The van der Waals surface area contributed by atoms with Gasteiger partial charge in [-0.05, 0) is 12.1 Å². The molecule has 0 aromatic heterocycles. The Morgan fingerprint density at radius 3 is 2.53 bits per heavy atom. The predicted molar refractivity (Wildman–Crippen MR) is 77.0 cm³/mol. The number of para-hydroxylation sites is 1. The van der Waals surface area contributed by atoms with Crippen molar-refractivity contribution in [3.05, 3.63) is 54.1 Å². The lowest BCUT2D eigenvalue weighted by Crippen LogP contribution is -2.23. The zero-order valence-electron chi connectivity index (χ0n) is 10.4. The molecule has 0 radical (unpaired) electrons. The monoisotopic (exact) mass is 247 g/mol. The number of carbonyl (C=O) groups excluding carboxylic acids is 1. The number of rotatable bonds is 2. The second-order valence-electron chi connectivity index (χ2n) is 4.31. The standard InChI is InChI=1S/C17H13NO/c1-3-17(4-2)12-8-9-14(13-17)16(19)18-15-10-6-5-7-11-15/h1-2,5-12H,13H2,(H,18,19). The molecule has 0 saturated carbocycles. The Kier molecular flexibility index (Phi) is 3.55. The summed E-state index contributed by atoms with van der Waals surface area (Å²) in [4.78, 5) is 12.1. The maximum Gasteiger partial charge on any atom is 0.251 e. The van der Waals surface area contributed by atoms with Gasteiger partial charge in [0.15, 0.2) is 0 Å². The van der Waals surface area contributed by atoms with Gasteiger partial charge in [-0.3, -0.25) is 4.79 Å². The van der Waals surface area contributed by atoms with Gasteiger partial charge in [0, 0.05) is 17.7 Å². The number of nitrogens with one attached hydrogen (secondary N) is 1. The zero-order valence-corrected chi connectivity index (χ0v) is 10.4. The van der Waals surface area contributed by atoms with E-state index in [-0.39, 0.29) is 5.91 Å². The normalized spacial score (nSPS) is 15.8. The molecule has 0 unspecified atom stereocenters. The minimum Gasteiger partial charge on any atom is -0.322 e. The Hall–Kier alpha value is -2.71. The third-order valence-electron chi connectivity index (χ3n) is 2.99. The first-order valence-corrected chi connectivity index (χ1v) is 5.89. The fourth-order valence-electron chi connectivity index (χ4n) is 1.88. The third kappa shape index (κ3) is 2.76. The molecular formula is C17H13NO. The lowest BCUT2D eigenvalue weighted by Gasteiger charge is -2.22. The van der Waals surface area contributed by atoms with E-state index >= 15 is 0 Å². The van der Waals surface area contributed by atoms with Crippen LogP contribution in [0.5, 0.6) is 0 Å². The Morgan fingerprint density at radius 1 is 1.21 bits per heavy atom. The van der Waals surface area contributed by atoms with Crippen LogP contribution in [0.25, 0.3) is 0 Å². The van der Waals surface area contributed by atoms with Crippen LogP contribution >= 0.6 is 0 Å². The summed E-state index contributed by atoms with van der Waals surface area (Å²) in [5.74, 6) is 4.97. The number of hydrogen-bond donors (Lipinski definition) is 1. The van der Waals surface area contributed by atoms with Gasteiger partial charge < -0.3 is 5.32 Å². The maximum absolute atomic E-state index is 12.1. The summed E-state index contributed by atoms with van der Waals surface area (Å²) in [5.41, 5.74) is 0.537. The van der Waals surface area contributed by atoms with Crippen LogP contribution < -0.4 is 5.32 Å². The van der Waals surface area contributed by atoms with Crippen LogP contribution in [-0.4, -0.2) is 5.91 Å². The van der Waals surface area contributed by atoms with Gasteiger partial charge in [-0.15, -0.1) is 12.8 Å². The second kappa shape index (κ2) is 5.29. The molecule has 92 valence electrons. The van der Waals surface area contributed by atoms with Gasteiger partial charge in [0.05, 0.1) is 0 Å². The Morgan fingerprint density at radius 2 is 1.89 bits per heavy atom. The predicted octanol–water partition coefficient (Wildman–Crippen LogP) is 2.76. The van der Waals surface area contributed by atoms with Gasteiger partial charge in [0.25, 0.3) is 5.91 Å². The van der Waals surface area contributed by atoms with Crippen LogP contribution in [0.2, 0.25) is 0 Å². The molecular weight excluding hydrogens is 234 g/mol. The van der Waals surface area contributed by atoms with Crippen molar-refractivity contribution in [1.82, 2.24) is 0 Å². The molecule has 1 N–H and O–H groups in total. The summed E-state index contributed by atoms with van der Waals surface area (Å²) in [5, 5.41) is 2.82. The Bertz CT molecular complexity index is 609. The largest absolute Gasteiger partial charge is 0.322 e. The SMILES string of the molecule is C#CC1(C#C)C=CC=C(C(=O)Nc2ccccc2)C1. The molecule has 0 fully saturated rings. The van der Waals surface area contributed by atoms with E-state index in [0.717, 1.165) is 5.69 Å². The highest BCUT2D eigenvalue weighted by molar-refractivity contribution is 6.04. The molecule has 0 bridgehead atoms. The van der Waals surface area contributed by atoms with Gasteiger partial charge >= 0.3 is 0 Å². The van der Waals surface area contributed by atoms with Gasteiger partial charge in [-0.1, -0.05) is 48.3 Å². The molecule has 2 nitrogen and oxygen atoms in total. The van der Waals surface area contributed by atoms with E-state index in [0.29, 0.717) is 12.0 Å². The van der Waals surface area contributed by atoms with Crippen LogP contribution in [0.15, 0.2) is 54.1 Å². The average molecular weight is 247 g/mol. The Balaban J connectivity index is 2.14. The van der Waals surface area contributed by atoms with E-state index in [4.69, 9.17) is 12.8 Å². The molecule has 0 atom stereocenters. The van der Waals surface area contributed by atoms with Crippen LogP contribution in [0.4, 0.5) is 5.69 Å². The molecule has 0 heterocycles. The molecule has 1 aliphatic carbocycles. The highest BCUT2D eigenvalue weighted by atomic mass is 16.1. The van der Waals surface area contributed by atoms with E-state index in [1.54, 1.807) is 18.2 Å². The van der Waals surface area contributed by atoms with Gasteiger partial charge in [-0.2, -0.15) is 0 Å². The molecule has 2 heteroatoms. The lowest BCUT2D eigenvalue weighted by atomic mass is 9.79. The van der Waals surface area contributed by atoms with Crippen molar-refractivity contribution < 1.29 is 4.79 Å². The number of benzene rings is 1. The van der Waals surface area contributed by atoms with E-state index in [9.17, 15) is 4.79 Å². The van der Waals surface area contributed by atoms with Crippen molar-refractivity contribution in [2.75, 3.05) is 5.32 Å². The van der Waals surface area contributed by atoms with Gasteiger partial charge in [0.1, 0.15) is 5.41 Å². The summed E-state index contributed by atoms with van der Waals surface area (Å²) in [6, 6.07) is 9.26. The average Bonchev–Trinajstić information content (AvgIpc) is 2.48. The summed E-state index contributed by atoms with van der Waals surface area (Å²) in [6.07, 6.45) is 16.5. The number of hydrogen-bond acceptors (Lipinski definition) is 1. The van der Waals surface area contributed by atoms with E-state index in [1.165, 1.54) is 0 Å². The first-order valence-electron chi connectivity index (χ1n) is 5.89. The molecule has 2 rings (SSSR count). The molecule has 1 aliphatic rings. The van der Waals surface area contributed by atoms with E-state index < -0.39 is 5.41 Å². The molecule has 0 saturated heterocycles. The number of carbonyl (C=O) groups is 1. The third-order valence-corrected chi connectivity index (χ3v) is 2.99. The lowest BCUT2D eigenvalue weighted by molar-refractivity contribution is -0.113. The molecule has 19 heavy (non-hydrogen) atoms. The first kappa shape index (κ1) is 12.7. The summed E-state index contributed by atoms with van der Waals surface area (Å²) < 4.78 is 0. The molecule has 0 aliphatic heterocycles. The van der Waals surface area contributed by atoms with E-state index in [2.05, 4.69) is 17.2 Å². The zero-order chi connectivity index (χ0) is 13.7. The van der Waals surface area contributed by atoms with Crippen LogP contribution in [0, 0.1) is 30.1 Å². The Labute approximate surface area is 113 Å². The van der Waals surface area contributed by atoms with E-state index in [1.807, 2.05) is 30.3 Å². The van der Waals surface area contributed by atoms with Crippen LogP contribution in [0.1, 0.15) is 6.42 Å². The first-order chi connectivity index (χ1) is 9.19. The number of allylic oxidation sites excluding steroid dienone is 3. The van der Waals surface area contributed by atoms with Crippen molar-refractivity contribution in [1.29, 1.82) is 0 Å². The van der Waals surface area contributed by atoms with Crippen molar-refractivity contribution in [3.8, 4) is 24.7 Å². The van der Waals surface area contributed by atoms with Crippen LogP contribution in [0.3, 0.4) is 0 Å². The highest BCUT2D eigenvalue weighted by Crippen LogP contribution is 2.30. The van der Waals surface area contributed by atoms with Gasteiger partial charge in [0.2, 0.25) is 0 Å². The smallest absolute Gasteiger partial charge is 0.251 e. The maximum atomic E-state index is 12.1. The molecule has 1 aromatic rings. The van der Waals surface area contributed by atoms with Crippen LogP contribution in [-0.2, 0) is 4.79 Å². The van der Waals surface area contributed by atoms with Crippen molar-refractivity contribution in [2.24, 2.45) is 5.41 Å². The second-order valence-corrected chi connectivity index (χ2v) is 4.31. The van der Waals surface area contributed by atoms with Crippen molar-refractivity contribution >= 4 is 11.6 Å². The molecule has 1 aromatic carbocycles. The molecule has 0 spiro atoms. The summed E-state index contributed by atoms with van der Waals surface area (Å²) in [6.45, 7) is 0. The minimum absolute atomic E-state index is 0.176. The number of terminal acetylenes is 2. The fraction of sp³-hybridized carbons (Fsp3) is 0.118. The topological polar surface area (TPSA) is 29.1 Å². The minimum atomic E-state index is -0.794. The van der Waals surface area contributed by atoms with Crippen molar-refractivity contribution in [3.63, 3.8) is 0 Å². The quantitative estimate of drug-likeness (QED) is 0.800. The molecule has 1 amide bonds. The van der Waals surface area contributed by atoms with Crippen molar-refractivity contribution in [2.45, 2.75) is 6.42 Å². The summed E-state index contributed by atoms with van der Waals surface area (Å²) >= 11 is 0.